The third kappa shape index (κ3) is 20.7. The van der Waals surface area contributed by atoms with Crippen LogP contribution in [-0.4, -0.2) is 198 Å². The largest absolute Gasteiger partial charge is 0.420 e. The van der Waals surface area contributed by atoms with E-state index >= 15 is 0 Å². The predicted molar refractivity (Wildman–Crippen MR) is 263 cm³/mol. The Morgan fingerprint density at radius 1 is 0.792 bits per heavy atom. The first-order chi connectivity index (χ1) is 37.2. The lowest BCUT2D eigenvalue weighted by molar-refractivity contribution is -0.136. The third-order valence-corrected chi connectivity index (χ3v) is 11.8. The third-order valence-electron chi connectivity index (χ3n) is 11.0. The second-order valence-corrected chi connectivity index (χ2v) is 18.9. The monoisotopic (exact) mass is 1130 g/mol. The van der Waals surface area contributed by atoms with Gasteiger partial charge >= 0.3 is 13.6 Å². The van der Waals surface area contributed by atoms with E-state index in [1.807, 2.05) is 23.1 Å². The van der Waals surface area contributed by atoms with Crippen LogP contribution in [0.3, 0.4) is 0 Å². The van der Waals surface area contributed by atoms with Gasteiger partial charge in [0.1, 0.15) is 47.8 Å². The molecule has 2 aromatic carbocycles. The Bertz CT molecular complexity index is 2600. The summed E-state index contributed by atoms with van der Waals surface area (Å²) in [5.41, 5.74) is 1.81. The average Bonchev–Trinajstić information content (AvgIpc) is 4.14. The van der Waals surface area contributed by atoms with Crippen molar-refractivity contribution in [2.24, 2.45) is 0 Å². The Hall–Kier alpha value is -4.85. The second kappa shape index (κ2) is 32.3. The minimum absolute atomic E-state index is 0.0619. The van der Waals surface area contributed by atoms with E-state index in [1.165, 1.54) is 10.9 Å². The van der Waals surface area contributed by atoms with E-state index in [2.05, 4.69) is 25.1 Å². The van der Waals surface area contributed by atoms with E-state index in [0.29, 0.717) is 144 Å². The molecule has 0 bridgehead atoms. The normalized spacial score (nSPS) is 16.7. The fraction of sp³-hybridized carbons (Fsp3) is 0.574. The van der Waals surface area contributed by atoms with Gasteiger partial charge in [0, 0.05) is 30.2 Å². The maximum absolute atomic E-state index is 13.6. The highest BCUT2D eigenvalue weighted by Gasteiger charge is 2.45. The van der Waals surface area contributed by atoms with E-state index in [9.17, 15) is 32.7 Å². The number of halogens is 4. The molecule has 0 radical (unpaired) electrons. The van der Waals surface area contributed by atoms with E-state index in [4.69, 9.17) is 73.7 Å². The van der Waals surface area contributed by atoms with Crippen molar-refractivity contribution in [2.75, 3.05) is 124 Å². The zero-order chi connectivity index (χ0) is 55.0. The molecule has 5 aromatic rings. The molecule has 0 saturated carbocycles. The fourth-order valence-corrected chi connectivity index (χ4v) is 7.82. The van der Waals surface area contributed by atoms with Crippen LogP contribution < -0.4 is 9.64 Å². The number of rotatable bonds is 38. The summed E-state index contributed by atoms with van der Waals surface area (Å²) >= 11 is 6.57. The van der Waals surface area contributed by atoms with Gasteiger partial charge in [-0.2, -0.15) is 5.10 Å². The van der Waals surface area contributed by atoms with Crippen LogP contribution in [0.1, 0.15) is 29.7 Å². The van der Waals surface area contributed by atoms with E-state index in [1.54, 1.807) is 23.9 Å². The molecular formula is C47H63ClF3N8O17P. The van der Waals surface area contributed by atoms with Crippen LogP contribution in [-0.2, 0) is 76.4 Å². The minimum Gasteiger partial charge on any atom is -0.420 e. The maximum atomic E-state index is 13.6. The number of carbonyl (C=O) groups excluding carboxylic acids is 1. The highest BCUT2D eigenvalue weighted by molar-refractivity contribution is 7.51. The Labute approximate surface area is 445 Å². The van der Waals surface area contributed by atoms with Crippen LogP contribution in [0.5, 0.6) is 5.75 Å². The lowest BCUT2D eigenvalue weighted by atomic mass is 10.1. The highest BCUT2D eigenvalue weighted by atomic mass is 35.5. The molecule has 1 saturated heterocycles. The molecule has 4 atom stereocenters. The van der Waals surface area contributed by atoms with Gasteiger partial charge in [-0.3, -0.25) is 9.36 Å². The van der Waals surface area contributed by atoms with Crippen molar-refractivity contribution < 1.29 is 94.6 Å². The molecule has 1 aliphatic rings. The predicted octanol–water partition coefficient (Wildman–Crippen LogP) is 2.90. The standard InChI is InChI=1S/C47H63ClF3N8O17P/c1-32-53-45(36-26-52-59(46(36)54-32)47-43(62)42(61)40(75-47)30-74-31-77(63,64)65)57(27-33-4-2-3-5-37(33)48)7-10-67-13-16-70-20-21-72-22-23-73-29-35-28-58(56-55-35)8-11-68-14-17-71-19-18-69-15-12-66-9-6-41(60)76-44-38(50)24-34(49)25-39(44)51/h2-5,24-26,28,40,42-43,47,61-62H,6-23,27,29-31H2,1H3,(H2,63,64,65)/t40-,42-,43-,47-/m1/s1. The van der Waals surface area contributed by atoms with Crippen LogP contribution in [0.4, 0.5) is 19.0 Å². The number of aromatic nitrogens is 7. The first kappa shape index (κ1) is 61.4. The molecule has 426 valence electrons. The first-order valence-electron chi connectivity index (χ1n) is 24.4. The lowest BCUT2D eigenvalue weighted by Crippen LogP contribution is -2.34. The van der Waals surface area contributed by atoms with Crippen molar-refractivity contribution in [3.63, 3.8) is 0 Å². The number of fused-ring (bicyclic) bond motifs is 1. The van der Waals surface area contributed by atoms with Crippen molar-refractivity contribution in [3.05, 3.63) is 88.3 Å². The van der Waals surface area contributed by atoms with Crippen LogP contribution in [0, 0.1) is 24.4 Å². The van der Waals surface area contributed by atoms with Crippen molar-refractivity contribution in [1.29, 1.82) is 0 Å². The molecule has 30 heteroatoms. The van der Waals surface area contributed by atoms with Crippen molar-refractivity contribution >= 4 is 42.0 Å². The summed E-state index contributed by atoms with van der Waals surface area (Å²) in [6, 6.07) is 8.24. The zero-order valence-electron chi connectivity index (χ0n) is 42.1. The van der Waals surface area contributed by atoms with Gasteiger partial charge in [0.15, 0.2) is 23.5 Å². The number of ether oxygens (including phenoxy) is 11. The number of aryl methyl sites for hydroxylation is 1. The van der Waals surface area contributed by atoms with Gasteiger partial charge in [0.05, 0.1) is 143 Å². The van der Waals surface area contributed by atoms with E-state index < -0.39 is 67.7 Å². The second-order valence-electron chi connectivity index (χ2n) is 16.9. The number of benzene rings is 2. The molecule has 4 N–H and O–H groups in total. The number of anilines is 1. The van der Waals surface area contributed by atoms with Gasteiger partial charge in [-0.05, 0) is 18.6 Å². The van der Waals surface area contributed by atoms with Gasteiger partial charge in [-0.1, -0.05) is 35.0 Å². The molecule has 0 amide bonds. The molecule has 3 aromatic heterocycles. The van der Waals surface area contributed by atoms with Crippen LogP contribution in [0.15, 0.2) is 48.8 Å². The van der Waals surface area contributed by atoms with Crippen LogP contribution >= 0.6 is 19.2 Å². The Balaban J connectivity index is 0.769. The lowest BCUT2D eigenvalue weighted by Gasteiger charge is -2.25. The Kier molecular flexibility index (Phi) is 25.7. The van der Waals surface area contributed by atoms with Gasteiger partial charge < -0.3 is 77.0 Å². The van der Waals surface area contributed by atoms with Gasteiger partial charge in [0.2, 0.25) is 5.75 Å². The SMILES string of the molecule is Cc1nc(N(CCOCCOCCOCCOCc2cn(CCOCCOCCOCCOCCC(=O)Oc3c(F)cc(F)cc3F)nn2)Cc2ccccc2Cl)c2cnn([C@@H]3O[C@H](COCP(=O)(O)O)[C@@H](O)[C@H]3O)c2n1. The molecule has 0 unspecified atom stereocenters. The van der Waals surface area contributed by atoms with Crippen molar-refractivity contribution in [3.8, 4) is 5.75 Å². The number of hydrogen-bond acceptors (Lipinski definition) is 21. The quantitative estimate of drug-likeness (QED) is 0.0191. The summed E-state index contributed by atoms with van der Waals surface area (Å²) in [6.45, 7) is 7.20. The molecule has 1 aliphatic heterocycles. The van der Waals surface area contributed by atoms with E-state index in [0.717, 1.165) is 5.56 Å². The number of aliphatic hydroxyl groups excluding tert-OH is 2. The number of carbonyl (C=O) groups is 1. The van der Waals surface area contributed by atoms with Gasteiger partial charge in [-0.25, -0.2) is 32.5 Å². The maximum Gasteiger partial charge on any atom is 0.350 e. The molecule has 4 heterocycles. The van der Waals surface area contributed by atoms with Crippen LogP contribution in [0.25, 0.3) is 11.0 Å². The van der Waals surface area contributed by atoms with Crippen molar-refractivity contribution in [1.82, 2.24) is 34.7 Å². The van der Waals surface area contributed by atoms with Crippen LogP contribution in [0.2, 0.25) is 5.02 Å². The Morgan fingerprint density at radius 2 is 1.39 bits per heavy atom. The zero-order valence-corrected chi connectivity index (χ0v) is 43.8. The minimum atomic E-state index is -4.46. The average molecular weight is 1140 g/mol. The molecule has 6 rings (SSSR count). The van der Waals surface area contributed by atoms with Crippen molar-refractivity contribution in [2.45, 2.75) is 57.6 Å². The number of esters is 1. The van der Waals surface area contributed by atoms with E-state index in [-0.39, 0.29) is 39.5 Å². The molecular weight excluding hydrogens is 1070 g/mol. The summed E-state index contributed by atoms with van der Waals surface area (Å²) in [5.74, 6) is -4.75. The van der Waals surface area contributed by atoms with Gasteiger partial charge in [-0.15, -0.1) is 5.10 Å². The smallest absolute Gasteiger partial charge is 0.350 e. The highest BCUT2D eigenvalue weighted by Crippen LogP contribution is 2.37. The number of aliphatic hydroxyl groups is 2. The summed E-state index contributed by atoms with van der Waals surface area (Å²) in [7, 11) is -4.46. The summed E-state index contributed by atoms with van der Waals surface area (Å²) in [4.78, 5) is 41.3. The molecule has 77 heavy (non-hydrogen) atoms. The summed E-state index contributed by atoms with van der Waals surface area (Å²) in [5, 5.41) is 35.3. The summed E-state index contributed by atoms with van der Waals surface area (Å²) in [6.07, 6.45) is -3.02. The molecule has 0 spiro atoms. The number of hydrogen-bond donors (Lipinski definition) is 4. The van der Waals surface area contributed by atoms with Gasteiger partial charge in [0.25, 0.3) is 0 Å². The molecule has 0 aliphatic carbocycles. The fourth-order valence-electron chi connectivity index (χ4n) is 7.28. The summed E-state index contributed by atoms with van der Waals surface area (Å²) < 4.78 is 115. The molecule has 1 fully saturated rings. The molecule has 25 nitrogen and oxygen atoms in total. The topological polar surface area (TPSA) is 294 Å². The first-order valence-corrected chi connectivity index (χ1v) is 26.5. The Morgan fingerprint density at radius 3 is 2.03 bits per heavy atom. The number of nitrogens with zero attached hydrogens (tertiary/aromatic N) is 8.